The summed E-state index contributed by atoms with van der Waals surface area (Å²) >= 11 is 0. The van der Waals surface area contributed by atoms with Crippen molar-refractivity contribution in [2.45, 2.75) is 24.7 Å². The minimum atomic E-state index is -3.48. The second kappa shape index (κ2) is 3.34. The molecule has 1 aromatic carbocycles. The normalized spacial score (nSPS) is 17.3. The monoisotopic (exact) mass is 224 g/mol. The van der Waals surface area contributed by atoms with Crippen molar-refractivity contribution in [3.63, 3.8) is 0 Å². The molecule has 1 N–H and O–H groups in total. The van der Waals surface area contributed by atoms with Crippen LogP contribution in [-0.2, 0) is 10.0 Å². The SMILES string of the molecule is CC(C)c1ccc2c(c1)NC=NS2(=O)=O. The molecule has 0 amide bonds. The third kappa shape index (κ3) is 1.74. The lowest BCUT2D eigenvalue weighted by molar-refractivity contribution is 0.598. The van der Waals surface area contributed by atoms with Crippen molar-refractivity contribution in [2.24, 2.45) is 4.40 Å². The predicted octanol–water partition coefficient (Wildman–Crippen LogP) is 1.95. The smallest absolute Gasteiger partial charge is 0.285 e. The van der Waals surface area contributed by atoms with E-state index in [4.69, 9.17) is 0 Å². The van der Waals surface area contributed by atoms with Crippen molar-refractivity contribution in [3.8, 4) is 0 Å². The predicted molar refractivity (Wildman–Crippen MR) is 59.8 cm³/mol. The van der Waals surface area contributed by atoms with Crippen molar-refractivity contribution in [3.05, 3.63) is 23.8 Å². The lowest BCUT2D eigenvalue weighted by atomic mass is 10.0. The lowest BCUT2D eigenvalue weighted by Crippen LogP contribution is -2.11. The highest BCUT2D eigenvalue weighted by molar-refractivity contribution is 7.90. The number of benzene rings is 1. The van der Waals surface area contributed by atoms with Crippen molar-refractivity contribution < 1.29 is 8.42 Å². The van der Waals surface area contributed by atoms with Gasteiger partial charge in [0.05, 0.1) is 5.69 Å². The largest absolute Gasteiger partial charge is 0.345 e. The topological polar surface area (TPSA) is 58.5 Å². The van der Waals surface area contributed by atoms with E-state index in [-0.39, 0.29) is 4.90 Å². The van der Waals surface area contributed by atoms with Crippen molar-refractivity contribution in [2.75, 3.05) is 5.32 Å². The average Bonchev–Trinajstić information content (AvgIpc) is 2.16. The molecule has 0 unspecified atom stereocenters. The maximum atomic E-state index is 11.5. The van der Waals surface area contributed by atoms with Gasteiger partial charge in [-0.1, -0.05) is 19.9 Å². The molecular weight excluding hydrogens is 212 g/mol. The van der Waals surface area contributed by atoms with E-state index in [1.165, 1.54) is 6.34 Å². The van der Waals surface area contributed by atoms with Crippen LogP contribution in [0, 0.1) is 0 Å². The maximum Gasteiger partial charge on any atom is 0.285 e. The van der Waals surface area contributed by atoms with Crippen molar-refractivity contribution in [1.82, 2.24) is 0 Å². The third-order valence-corrected chi connectivity index (χ3v) is 3.65. The van der Waals surface area contributed by atoms with E-state index in [2.05, 4.69) is 23.6 Å². The van der Waals surface area contributed by atoms with Gasteiger partial charge in [0, 0.05) is 0 Å². The zero-order valence-electron chi connectivity index (χ0n) is 8.56. The van der Waals surface area contributed by atoms with Gasteiger partial charge in [-0.2, -0.15) is 8.42 Å². The molecule has 1 aliphatic rings. The van der Waals surface area contributed by atoms with Gasteiger partial charge in [-0.25, -0.2) is 0 Å². The minimum Gasteiger partial charge on any atom is -0.345 e. The summed E-state index contributed by atoms with van der Waals surface area (Å²) in [7, 11) is -3.48. The summed E-state index contributed by atoms with van der Waals surface area (Å²) in [5.74, 6) is 0.374. The second-order valence-electron chi connectivity index (χ2n) is 3.76. The second-order valence-corrected chi connectivity index (χ2v) is 5.36. The number of nitrogens with one attached hydrogen (secondary N) is 1. The van der Waals surface area contributed by atoms with Crippen LogP contribution in [0.2, 0.25) is 0 Å². The van der Waals surface area contributed by atoms with Crippen LogP contribution in [0.5, 0.6) is 0 Å². The van der Waals surface area contributed by atoms with Gasteiger partial charge in [0.2, 0.25) is 0 Å². The lowest BCUT2D eigenvalue weighted by Gasteiger charge is -2.14. The fourth-order valence-corrected chi connectivity index (χ4v) is 2.41. The molecule has 0 saturated carbocycles. The molecule has 0 atom stereocenters. The Labute approximate surface area is 89.1 Å². The summed E-state index contributed by atoms with van der Waals surface area (Å²) in [5, 5.41) is 2.84. The molecule has 0 spiro atoms. The molecule has 1 aliphatic heterocycles. The van der Waals surface area contributed by atoms with Crippen LogP contribution < -0.4 is 5.32 Å². The Morgan fingerprint density at radius 1 is 1.33 bits per heavy atom. The molecule has 2 rings (SSSR count). The van der Waals surface area contributed by atoms with Crippen molar-refractivity contribution >= 4 is 22.0 Å². The number of nitrogens with zero attached hydrogens (tertiary/aromatic N) is 1. The molecule has 0 bridgehead atoms. The number of hydrogen-bond acceptors (Lipinski definition) is 3. The molecule has 1 heterocycles. The fraction of sp³-hybridized carbons (Fsp3) is 0.300. The van der Waals surface area contributed by atoms with E-state index in [9.17, 15) is 8.42 Å². The first-order chi connectivity index (χ1) is 7.00. The van der Waals surface area contributed by atoms with E-state index in [1.807, 2.05) is 12.1 Å². The highest BCUT2D eigenvalue weighted by atomic mass is 32.2. The van der Waals surface area contributed by atoms with Crippen LogP contribution in [0.25, 0.3) is 0 Å². The first-order valence-electron chi connectivity index (χ1n) is 4.70. The van der Waals surface area contributed by atoms with Crippen LogP contribution in [0.3, 0.4) is 0 Å². The molecule has 0 aromatic heterocycles. The minimum absolute atomic E-state index is 0.245. The van der Waals surface area contributed by atoms with Crippen LogP contribution in [0.1, 0.15) is 25.3 Å². The van der Waals surface area contributed by atoms with Crippen molar-refractivity contribution in [1.29, 1.82) is 0 Å². The Kier molecular flexibility index (Phi) is 2.26. The molecule has 0 fully saturated rings. The molecule has 80 valence electrons. The van der Waals surface area contributed by atoms with Crippen LogP contribution in [0.15, 0.2) is 27.5 Å². The Balaban J connectivity index is 2.59. The molecule has 0 saturated heterocycles. The Morgan fingerprint density at radius 2 is 2.07 bits per heavy atom. The van der Waals surface area contributed by atoms with E-state index in [0.717, 1.165) is 5.56 Å². The molecule has 1 aromatic rings. The highest BCUT2D eigenvalue weighted by Crippen LogP contribution is 2.28. The van der Waals surface area contributed by atoms with Gasteiger partial charge in [-0.05, 0) is 23.6 Å². The summed E-state index contributed by atoms with van der Waals surface area (Å²) < 4.78 is 26.4. The zero-order chi connectivity index (χ0) is 11.1. The van der Waals surface area contributed by atoms with E-state index in [1.54, 1.807) is 6.07 Å². The van der Waals surface area contributed by atoms with Crippen LogP contribution in [0.4, 0.5) is 5.69 Å². The summed E-state index contributed by atoms with van der Waals surface area (Å²) in [4.78, 5) is 0.245. The quantitative estimate of drug-likeness (QED) is 0.793. The Bertz CT molecular complexity index is 518. The molecule has 0 radical (unpaired) electrons. The molecule has 4 nitrogen and oxygen atoms in total. The van der Waals surface area contributed by atoms with Crippen LogP contribution >= 0.6 is 0 Å². The highest BCUT2D eigenvalue weighted by Gasteiger charge is 2.20. The summed E-state index contributed by atoms with van der Waals surface area (Å²) in [6, 6.07) is 5.27. The third-order valence-electron chi connectivity index (χ3n) is 2.36. The van der Waals surface area contributed by atoms with Gasteiger partial charge in [-0.15, -0.1) is 4.40 Å². The number of anilines is 1. The molecule has 15 heavy (non-hydrogen) atoms. The first-order valence-corrected chi connectivity index (χ1v) is 6.14. The van der Waals surface area contributed by atoms with Crippen LogP contribution in [-0.4, -0.2) is 14.8 Å². The summed E-state index contributed by atoms with van der Waals surface area (Å²) in [6.07, 6.45) is 1.21. The van der Waals surface area contributed by atoms with Gasteiger partial charge in [0.15, 0.2) is 0 Å². The summed E-state index contributed by atoms with van der Waals surface area (Å²) in [5.41, 5.74) is 1.71. The number of fused-ring (bicyclic) bond motifs is 1. The first kappa shape index (κ1) is 10.2. The van der Waals surface area contributed by atoms with Gasteiger partial charge in [-0.3, -0.25) is 0 Å². The Morgan fingerprint density at radius 3 is 2.73 bits per heavy atom. The van der Waals surface area contributed by atoms with Gasteiger partial charge in [0.1, 0.15) is 11.2 Å². The molecule has 5 heteroatoms. The van der Waals surface area contributed by atoms with E-state index < -0.39 is 10.0 Å². The fourth-order valence-electron chi connectivity index (χ4n) is 1.47. The van der Waals surface area contributed by atoms with Gasteiger partial charge < -0.3 is 5.32 Å². The van der Waals surface area contributed by atoms with Gasteiger partial charge >= 0.3 is 0 Å². The Hall–Kier alpha value is -1.36. The number of hydrogen-bond donors (Lipinski definition) is 1. The summed E-state index contributed by atoms with van der Waals surface area (Å²) in [6.45, 7) is 4.13. The number of rotatable bonds is 1. The average molecular weight is 224 g/mol. The molecule has 0 aliphatic carbocycles. The van der Waals surface area contributed by atoms with E-state index in [0.29, 0.717) is 11.6 Å². The van der Waals surface area contributed by atoms with E-state index >= 15 is 0 Å². The van der Waals surface area contributed by atoms with Gasteiger partial charge in [0.25, 0.3) is 10.0 Å². The molecular formula is C10H12N2O2S. The standard InChI is InChI=1S/C10H12N2O2S/c1-7(2)8-3-4-10-9(5-8)11-6-12-15(10,13)14/h3-7H,1-2H3,(H,11,12). The number of sulfonamides is 1. The zero-order valence-corrected chi connectivity index (χ0v) is 9.38. The maximum absolute atomic E-state index is 11.5.